The summed E-state index contributed by atoms with van der Waals surface area (Å²) in [6.45, 7) is 5.46. The van der Waals surface area contributed by atoms with Crippen LogP contribution in [0.15, 0.2) is 22.7 Å². The third-order valence-electron chi connectivity index (χ3n) is 3.44. The van der Waals surface area contributed by atoms with E-state index in [1.807, 2.05) is 25.1 Å². The third kappa shape index (κ3) is 3.71. The first kappa shape index (κ1) is 14.8. The van der Waals surface area contributed by atoms with E-state index in [9.17, 15) is 5.11 Å². The summed E-state index contributed by atoms with van der Waals surface area (Å²) in [5.74, 6) is 1.01. The summed E-state index contributed by atoms with van der Waals surface area (Å²) in [6, 6.07) is 5.79. The second-order valence-electron chi connectivity index (χ2n) is 5.12. The van der Waals surface area contributed by atoms with Gasteiger partial charge in [-0.3, -0.25) is 0 Å². The van der Waals surface area contributed by atoms with E-state index in [2.05, 4.69) is 22.9 Å². The lowest BCUT2D eigenvalue weighted by Gasteiger charge is -2.18. The van der Waals surface area contributed by atoms with Crippen LogP contribution in [0.2, 0.25) is 0 Å². The average Bonchev–Trinajstić information content (AvgIpc) is 2.83. The van der Waals surface area contributed by atoms with E-state index in [-0.39, 0.29) is 12.0 Å². The molecular weight excluding hydrogens is 308 g/mol. The number of aliphatic hydroxyl groups excluding tert-OH is 1. The van der Waals surface area contributed by atoms with Crippen molar-refractivity contribution in [2.24, 2.45) is 5.92 Å². The van der Waals surface area contributed by atoms with Crippen molar-refractivity contribution in [3.63, 3.8) is 0 Å². The first-order chi connectivity index (χ1) is 9.11. The monoisotopic (exact) mass is 328 g/mol. The molecule has 1 saturated heterocycles. The van der Waals surface area contributed by atoms with Crippen LogP contribution >= 0.6 is 15.9 Å². The van der Waals surface area contributed by atoms with Gasteiger partial charge in [0.2, 0.25) is 0 Å². The van der Waals surface area contributed by atoms with Crippen LogP contribution in [-0.4, -0.2) is 24.4 Å². The largest absolute Gasteiger partial charge is 0.492 e. The van der Waals surface area contributed by atoms with Crippen molar-refractivity contribution >= 4 is 15.9 Å². The molecule has 1 N–H and O–H groups in total. The molecule has 2 rings (SSSR count). The van der Waals surface area contributed by atoms with Crippen molar-refractivity contribution < 1.29 is 14.6 Å². The molecule has 3 nitrogen and oxygen atoms in total. The Morgan fingerprint density at radius 2 is 2.32 bits per heavy atom. The van der Waals surface area contributed by atoms with Crippen molar-refractivity contribution in [3.05, 3.63) is 28.2 Å². The van der Waals surface area contributed by atoms with Gasteiger partial charge in [-0.25, -0.2) is 0 Å². The average molecular weight is 329 g/mol. The Labute approximate surface area is 123 Å². The molecule has 1 fully saturated rings. The summed E-state index contributed by atoms with van der Waals surface area (Å²) in [5.41, 5.74) is 0.915. The fourth-order valence-corrected chi connectivity index (χ4v) is 2.88. The molecular formula is C15H21BrO3. The first-order valence-electron chi connectivity index (χ1n) is 6.83. The van der Waals surface area contributed by atoms with E-state index < -0.39 is 6.10 Å². The molecule has 0 bridgehead atoms. The quantitative estimate of drug-likeness (QED) is 0.895. The highest BCUT2D eigenvalue weighted by atomic mass is 79.9. The fourth-order valence-electron chi connectivity index (χ4n) is 2.37. The van der Waals surface area contributed by atoms with E-state index in [1.54, 1.807) is 0 Å². The van der Waals surface area contributed by atoms with Gasteiger partial charge in [-0.15, -0.1) is 0 Å². The van der Waals surface area contributed by atoms with Crippen LogP contribution in [0, 0.1) is 5.92 Å². The molecule has 0 spiro atoms. The minimum atomic E-state index is -0.471. The molecule has 0 aromatic heterocycles. The highest BCUT2D eigenvalue weighted by molar-refractivity contribution is 9.10. The Kier molecular flexibility index (Phi) is 5.25. The van der Waals surface area contributed by atoms with Crippen molar-refractivity contribution in [1.29, 1.82) is 0 Å². The molecule has 3 atom stereocenters. The number of ether oxygens (including phenoxy) is 2. The Hall–Kier alpha value is -0.580. The molecule has 0 aliphatic carbocycles. The Morgan fingerprint density at radius 3 is 2.89 bits per heavy atom. The molecule has 19 heavy (non-hydrogen) atoms. The lowest BCUT2D eigenvalue weighted by Crippen LogP contribution is -2.12. The Morgan fingerprint density at radius 1 is 1.53 bits per heavy atom. The SMILES string of the molecule is CCCOc1ccc(C(O)C2COC(C)C2)cc1Br. The smallest absolute Gasteiger partial charge is 0.133 e. The molecule has 4 heteroatoms. The lowest BCUT2D eigenvalue weighted by atomic mass is 9.94. The minimum Gasteiger partial charge on any atom is -0.492 e. The highest BCUT2D eigenvalue weighted by Gasteiger charge is 2.29. The molecule has 3 unspecified atom stereocenters. The maximum atomic E-state index is 10.4. The summed E-state index contributed by atoms with van der Waals surface area (Å²) in [4.78, 5) is 0. The van der Waals surface area contributed by atoms with Crippen LogP contribution in [0.3, 0.4) is 0 Å². The molecule has 1 aromatic carbocycles. The molecule has 0 radical (unpaired) electrons. The van der Waals surface area contributed by atoms with Crippen molar-refractivity contribution in [1.82, 2.24) is 0 Å². The summed E-state index contributed by atoms with van der Waals surface area (Å²) < 4.78 is 12.0. The van der Waals surface area contributed by atoms with Gasteiger partial charge >= 0.3 is 0 Å². The van der Waals surface area contributed by atoms with Gasteiger partial charge in [-0.2, -0.15) is 0 Å². The molecule has 1 aromatic rings. The van der Waals surface area contributed by atoms with E-state index in [0.717, 1.165) is 28.6 Å². The van der Waals surface area contributed by atoms with Crippen LogP contribution in [0.25, 0.3) is 0 Å². The van der Waals surface area contributed by atoms with Gasteiger partial charge in [0.05, 0.1) is 29.9 Å². The third-order valence-corrected chi connectivity index (χ3v) is 4.05. The zero-order chi connectivity index (χ0) is 13.8. The van der Waals surface area contributed by atoms with Gasteiger partial charge < -0.3 is 14.6 Å². The first-order valence-corrected chi connectivity index (χ1v) is 7.63. The molecule has 0 amide bonds. The summed E-state index contributed by atoms with van der Waals surface area (Å²) in [5, 5.41) is 10.4. The van der Waals surface area contributed by atoms with Crippen LogP contribution in [-0.2, 0) is 4.74 Å². The van der Waals surface area contributed by atoms with Crippen LogP contribution in [0.4, 0.5) is 0 Å². The molecule has 0 saturated carbocycles. The Bertz CT molecular complexity index is 422. The van der Waals surface area contributed by atoms with Crippen LogP contribution < -0.4 is 4.74 Å². The Balaban J connectivity index is 2.06. The number of aliphatic hydroxyl groups is 1. The van der Waals surface area contributed by atoms with E-state index in [1.165, 1.54) is 0 Å². The lowest BCUT2D eigenvalue weighted by molar-refractivity contribution is 0.0803. The van der Waals surface area contributed by atoms with Gasteiger partial charge in [0.25, 0.3) is 0 Å². The van der Waals surface area contributed by atoms with E-state index in [0.29, 0.717) is 13.2 Å². The van der Waals surface area contributed by atoms with E-state index in [4.69, 9.17) is 9.47 Å². The maximum absolute atomic E-state index is 10.4. The molecule has 1 aliphatic rings. The van der Waals surface area contributed by atoms with Gasteiger partial charge in [0.1, 0.15) is 5.75 Å². The number of benzene rings is 1. The van der Waals surface area contributed by atoms with Gasteiger partial charge in [-0.05, 0) is 53.4 Å². The summed E-state index contributed by atoms with van der Waals surface area (Å²) in [6.07, 6.45) is 1.66. The van der Waals surface area contributed by atoms with Crippen molar-refractivity contribution in [2.75, 3.05) is 13.2 Å². The van der Waals surface area contributed by atoms with Gasteiger partial charge in [0.15, 0.2) is 0 Å². The number of rotatable bonds is 5. The fraction of sp³-hybridized carbons (Fsp3) is 0.600. The van der Waals surface area contributed by atoms with Gasteiger partial charge in [0, 0.05) is 5.92 Å². The topological polar surface area (TPSA) is 38.7 Å². The summed E-state index contributed by atoms with van der Waals surface area (Å²) in [7, 11) is 0. The van der Waals surface area contributed by atoms with Gasteiger partial charge in [-0.1, -0.05) is 13.0 Å². The highest BCUT2D eigenvalue weighted by Crippen LogP contribution is 2.35. The zero-order valence-corrected chi connectivity index (χ0v) is 13.0. The molecule has 106 valence electrons. The predicted octanol–water partition coefficient (Wildman–Crippen LogP) is 3.70. The number of hydrogen-bond acceptors (Lipinski definition) is 3. The van der Waals surface area contributed by atoms with Crippen molar-refractivity contribution in [3.8, 4) is 5.75 Å². The second kappa shape index (κ2) is 6.73. The normalized spacial score (nSPS) is 24.4. The number of halogens is 1. The minimum absolute atomic E-state index is 0.185. The van der Waals surface area contributed by atoms with Crippen molar-refractivity contribution in [2.45, 2.75) is 38.9 Å². The maximum Gasteiger partial charge on any atom is 0.133 e. The second-order valence-corrected chi connectivity index (χ2v) is 5.98. The summed E-state index contributed by atoms with van der Waals surface area (Å²) >= 11 is 3.50. The molecule has 1 heterocycles. The molecule has 1 aliphatic heterocycles. The predicted molar refractivity (Wildman–Crippen MR) is 78.4 cm³/mol. The number of hydrogen-bond donors (Lipinski definition) is 1. The van der Waals surface area contributed by atoms with Crippen LogP contribution in [0.5, 0.6) is 5.75 Å². The van der Waals surface area contributed by atoms with E-state index >= 15 is 0 Å². The standard InChI is InChI=1S/C15H21BrO3/c1-3-6-18-14-5-4-11(8-13(14)16)15(17)12-7-10(2)19-9-12/h4-5,8,10,12,15,17H,3,6-7,9H2,1-2H3. The zero-order valence-electron chi connectivity index (χ0n) is 11.4. The van der Waals surface area contributed by atoms with Crippen LogP contribution in [0.1, 0.15) is 38.4 Å².